The monoisotopic (exact) mass is 400 g/mol. The molecule has 0 bridgehead atoms. The molecule has 1 N–H and O–H groups in total. The number of aryl methyl sites for hydroxylation is 1. The number of aliphatic imine (C=N–C) groups is 1. The van der Waals surface area contributed by atoms with Gasteiger partial charge in [-0.2, -0.15) is 0 Å². The van der Waals surface area contributed by atoms with Gasteiger partial charge < -0.3 is 15.1 Å². The van der Waals surface area contributed by atoms with E-state index >= 15 is 0 Å². The van der Waals surface area contributed by atoms with Crippen molar-refractivity contribution >= 4 is 23.1 Å². The van der Waals surface area contributed by atoms with E-state index in [9.17, 15) is 0 Å². The predicted molar refractivity (Wildman–Crippen MR) is 118 cm³/mol. The van der Waals surface area contributed by atoms with Gasteiger partial charge in [-0.15, -0.1) is 11.3 Å². The molecule has 0 aliphatic carbocycles. The molecule has 2 aromatic heterocycles. The number of guanidine groups is 1. The highest BCUT2D eigenvalue weighted by Gasteiger charge is 2.16. The minimum absolute atomic E-state index is 0.618. The van der Waals surface area contributed by atoms with Gasteiger partial charge in [-0.25, -0.2) is 15.0 Å². The summed E-state index contributed by atoms with van der Waals surface area (Å²) >= 11 is 1.68. The van der Waals surface area contributed by atoms with Crippen molar-refractivity contribution in [3.8, 4) is 0 Å². The van der Waals surface area contributed by atoms with Gasteiger partial charge in [0.1, 0.15) is 5.82 Å². The van der Waals surface area contributed by atoms with Gasteiger partial charge in [0.25, 0.3) is 0 Å². The van der Waals surface area contributed by atoms with Crippen LogP contribution < -0.4 is 10.2 Å². The molecule has 1 aliphatic heterocycles. The largest absolute Gasteiger partial charge is 0.357 e. The van der Waals surface area contributed by atoms with E-state index in [0.29, 0.717) is 6.54 Å². The van der Waals surface area contributed by atoms with E-state index in [2.05, 4.69) is 63.5 Å². The number of aromatic nitrogens is 2. The first kappa shape index (κ1) is 20.6. The van der Waals surface area contributed by atoms with Crippen molar-refractivity contribution in [3.63, 3.8) is 0 Å². The average molecular weight is 401 g/mol. The summed E-state index contributed by atoms with van der Waals surface area (Å²) in [6.45, 7) is 10.9. The molecule has 3 rings (SSSR count). The van der Waals surface area contributed by atoms with Gasteiger partial charge in [-0.1, -0.05) is 13.0 Å². The third kappa shape index (κ3) is 5.67. The van der Waals surface area contributed by atoms with Gasteiger partial charge in [0.15, 0.2) is 5.96 Å². The molecule has 28 heavy (non-hydrogen) atoms. The van der Waals surface area contributed by atoms with E-state index < -0.39 is 0 Å². The molecular formula is C21H32N6S. The Labute approximate surface area is 172 Å². The maximum atomic E-state index is 4.79. The van der Waals surface area contributed by atoms with Gasteiger partial charge >= 0.3 is 0 Å². The van der Waals surface area contributed by atoms with Crippen LogP contribution >= 0.6 is 11.3 Å². The number of pyridine rings is 1. The maximum Gasteiger partial charge on any atom is 0.194 e. The van der Waals surface area contributed by atoms with E-state index in [-0.39, 0.29) is 0 Å². The standard InChI is InChI=1S/C21H32N6S/c1-5-22-21(26(4)14-19-15-28-17(3)25-19)24-13-18-6-7-20(23-12-18)27-10-8-16(2)9-11-27/h6-7,12,15-16H,5,8-11,13-14H2,1-4H3,(H,22,24). The molecule has 0 spiro atoms. The lowest BCUT2D eigenvalue weighted by atomic mass is 9.99. The summed E-state index contributed by atoms with van der Waals surface area (Å²) in [7, 11) is 2.05. The van der Waals surface area contributed by atoms with Crippen LogP contribution in [0.2, 0.25) is 0 Å². The van der Waals surface area contributed by atoms with Crippen molar-refractivity contribution in [2.24, 2.45) is 10.9 Å². The fourth-order valence-electron chi connectivity index (χ4n) is 3.37. The number of piperidine rings is 1. The third-order valence-electron chi connectivity index (χ3n) is 5.09. The first-order valence-corrected chi connectivity index (χ1v) is 11.0. The van der Waals surface area contributed by atoms with Gasteiger partial charge in [0.2, 0.25) is 0 Å². The van der Waals surface area contributed by atoms with E-state index in [1.54, 1.807) is 11.3 Å². The SMILES string of the molecule is CCNC(=NCc1ccc(N2CCC(C)CC2)nc1)N(C)Cc1csc(C)n1. The number of nitrogens with one attached hydrogen (secondary N) is 1. The van der Waals surface area contributed by atoms with Gasteiger partial charge in [-0.05, 0) is 44.2 Å². The van der Waals surface area contributed by atoms with Crippen molar-refractivity contribution < 1.29 is 0 Å². The number of rotatable bonds is 6. The lowest BCUT2D eigenvalue weighted by Gasteiger charge is -2.31. The quantitative estimate of drug-likeness (QED) is 0.592. The zero-order chi connectivity index (χ0) is 19.9. The lowest BCUT2D eigenvalue weighted by Crippen LogP contribution is -2.38. The molecule has 0 saturated carbocycles. The molecular weight excluding hydrogens is 368 g/mol. The fourth-order valence-corrected chi connectivity index (χ4v) is 3.97. The van der Waals surface area contributed by atoms with Crippen molar-refractivity contribution in [1.82, 2.24) is 20.2 Å². The number of anilines is 1. The molecule has 0 unspecified atom stereocenters. The molecule has 2 aromatic rings. The zero-order valence-corrected chi connectivity index (χ0v) is 18.3. The van der Waals surface area contributed by atoms with Crippen LogP contribution in [-0.4, -0.2) is 47.5 Å². The number of nitrogens with zero attached hydrogens (tertiary/aromatic N) is 5. The Morgan fingerprint density at radius 1 is 1.36 bits per heavy atom. The summed E-state index contributed by atoms with van der Waals surface area (Å²) in [6.07, 6.45) is 4.47. The first-order chi connectivity index (χ1) is 13.5. The van der Waals surface area contributed by atoms with Crippen LogP contribution in [0.1, 0.15) is 43.0 Å². The molecule has 1 fully saturated rings. The van der Waals surface area contributed by atoms with E-state index in [1.807, 2.05) is 13.1 Å². The summed E-state index contributed by atoms with van der Waals surface area (Å²) in [5.41, 5.74) is 2.21. The Balaban J connectivity index is 1.60. The lowest BCUT2D eigenvalue weighted by molar-refractivity contribution is 0.436. The Kier molecular flexibility index (Phi) is 7.25. The summed E-state index contributed by atoms with van der Waals surface area (Å²) in [4.78, 5) is 18.5. The molecule has 152 valence electrons. The second kappa shape index (κ2) is 9.87. The van der Waals surface area contributed by atoms with Crippen molar-refractivity contribution in [1.29, 1.82) is 0 Å². The summed E-state index contributed by atoms with van der Waals surface area (Å²) in [6, 6.07) is 4.28. The molecule has 6 nitrogen and oxygen atoms in total. The van der Waals surface area contributed by atoms with Gasteiger partial charge in [0.05, 0.1) is 23.8 Å². The van der Waals surface area contributed by atoms with Gasteiger partial charge in [-0.3, -0.25) is 0 Å². The highest BCUT2D eigenvalue weighted by Crippen LogP contribution is 2.21. The molecule has 0 aromatic carbocycles. The summed E-state index contributed by atoms with van der Waals surface area (Å²) in [5, 5.41) is 6.58. The van der Waals surface area contributed by atoms with E-state index in [0.717, 1.165) is 60.1 Å². The first-order valence-electron chi connectivity index (χ1n) is 10.2. The maximum absolute atomic E-state index is 4.79. The topological polar surface area (TPSA) is 56.7 Å². The average Bonchev–Trinajstić information content (AvgIpc) is 3.10. The molecule has 0 atom stereocenters. The van der Waals surface area contributed by atoms with E-state index in [4.69, 9.17) is 4.99 Å². The molecule has 1 aliphatic rings. The molecule has 0 radical (unpaired) electrons. The molecule has 1 saturated heterocycles. The minimum Gasteiger partial charge on any atom is -0.357 e. The Hall–Kier alpha value is -2.15. The Morgan fingerprint density at radius 3 is 2.75 bits per heavy atom. The van der Waals surface area contributed by atoms with Gasteiger partial charge in [0, 0.05) is 38.3 Å². The summed E-state index contributed by atoms with van der Waals surface area (Å²) in [5.74, 6) is 2.81. The van der Waals surface area contributed by atoms with Crippen LogP contribution in [0.3, 0.4) is 0 Å². The summed E-state index contributed by atoms with van der Waals surface area (Å²) < 4.78 is 0. The van der Waals surface area contributed by atoms with Crippen LogP contribution in [-0.2, 0) is 13.1 Å². The number of hydrogen-bond donors (Lipinski definition) is 1. The predicted octanol–water partition coefficient (Wildman–Crippen LogP) is 3.68. The number of thiazole rings is 1. The van der Waals surface area contributed by atoms with Crippen LogP contribution in [0.25, 0.3) is 0 Å². The van der Waals surface area contributed by atoms with Crippen molar-refractivity contribution in [2.75, 3.05) is 31.6 Å². The van der Waals surface area contributed by atoms with Crippen LogP contribution in [0.4, 0.5) is 5.82 Å². The second-order valence-electron chi connectivity index (χ2n) is 7.58. The molecule has 0 amide bonds. The van der Waals surface area contributed by atoms with Crippen LogP contribution in [0.15, 0.2) is 28.7 Å². The van der Waals surface area contributed by atoms with E-state index in [1.165, 1.54) is 12.8 Å². The van der Waals surface area contributed by atoms with Crippen LogP contribution in [0.5, 0.6) is 0 Å². The zero-order valence-electron chi connectivity index (χ0n) is 17.5. The molecule has 3 heterocycles. The Bertz CT molecular complexity index is 761. The second-order valence-corrected chi connectivity index (χ2v) is 8.64. The minimum atomic E-state index is 0.618. The Morgan fingerprint density at radius 2 is 2.14 bits per heavy atom. The van der Waals surface area contributed by atoms with Crippen molar-refractivity contribution in [3.05, 3.63) is 40.0 Å². The number of hydrogen-bond acceptors (Lipinski definition) is 5. The third-order valence-corrected chi connectivity index (χ3v) is 5.91. The smallest absolute Gasteiger partial charge is 0.194 e. The molecule has 7 heteroatoms. The normalized spacial score (nSPS) is 15.7. The van der Waals surface area contributed by atoms with Crippen molar-refractivity contribution in [2.45, 2.75) is 46.7 Å². The fraction of sp³-hybridized carbons (Fsp3) is 0.571. The highest BCUT2D eigenvalue weighted by molar-refractivity contribution is 7.09. The van der Waals surface area contributed by atoms with Crippen LogP contribution in [0, 0.1) is 12.8 Å². The highest BCUT2D eigenvalue weighted by atomic mass is 32.1.